The molecule has 0 aliphatic carbocycles. The van der Waals surface area contributed by atoms with Crippen LogP contribution in [0.2, 0.25) is 0 Å². The van der Waals surface area contributed by atoms with Gasteiger partial charge in [0.15, 0.2) is 5.76 Å². The first kappa shape index (κ1) is 13.6. The van der Waals surface area contributed by atoms with Crippen LogP contribution in [0.25, 0.3) is 0 Å². The van der Waals surface area contributed by atoms with E-state index >= 15 is 0 Å². The largest absolute Gasteiger partial charge is 0.462 e. The van der Waals surface area contributed by atoms with Crippen molar-refractivity contribution in [3.8, 4) is 0 Å². The summed E-state index contributed by atoms with van der Waals surface area (Å²) in [6, 6.07) is 0. The smallest absolute Gasteiger partial charge is 0.410 e. The summed E-state index contributed by atoms with van der Waals surface area (Å²) in [6.45, 7) is 5.82. The third-order valence-electron chi connectivity index (χ3n) is 1.90. The van der Waals surface area contributed by atoms with Crippen molar-refractivity contribution in [2.45, 2.75) is 26.4 Å². The van der Waals surface area contributed by atoms with E-state index < -0.39 is 11.7 Å². The van der Waals surface area contributed by atoms with Crippen molar-refractivity contribution in [1.82, 2.24) is 4.90 Å². The maximum atomic E-state index is 11.8. The van der Waals surface area contributed by atoms with Crippen LogP contribution < -0.4 is 0 Å². The van der Waals surface area contributed by atoms with Gasteiger partial charge >= 0.3 is 6.09 Å². The lowest BCUT2D eigenvalue weighted by molar-refractivity contribution is 0.0184. The highest BCUT2D eigenvalue weighted by molar-refractivity contribution is 5.68. The van der Waals surface area contributed by atoms with E-state index in [9.17, 15) is 4.79 Å². The fourth-order valence-corrected chi connectivity index (χ4v) is 1.22. The molecule has 1 heterocycles. The zero-order valence-corrected chi connectivity index (χ0v) is 10.4. The summed E-state index contributed by atoms with van der Waals surface area (Å²) in [4.78, 5) is 13.2. The predicted molar refractivity (Wildman–Crippen MR) is 60.0 cm³/mol. The second-order valence-corrected chi connectivity index (χ2v) is 4.64. The van der Waals surface area contributed by atoms with E-state index in [1.54, 1.807) is 20.8 Å². The lowest BCUT2D eigenvalue weighted by atomic mass is 10.2. The second-order valence-electron chi connectivity index (χ2n) is 4.64. The Morgan fingerprint density at radius 3 is 2.76 bits per heavy atom. The molecule has 1 amide bonds. The summed E-state index contributed by atoms with van der Waals surface area (Å²) in [5, 5.41) is 8.92. The minimum atomic E-state index is -0.563. The third kappa shape index (κ3) is 4.95. The van der Waals surface area contributed by atoms with Crippen LogP contribution in [0, 0.1) is 0 Å². The number of rotatable bonds is 4. The van der Waals surface area contributed by atoms with Gasteiger partial charge in [0.05, 0.1) is 13.2 Å². The molecule has 0 atom stereocenters. The van der Waals surface area contributed by atoms with Crippen molar-refractivity contribution in [3.05, 3.63) is 12.0 Å². The molecule has 17 heavy (non-hydrogen) atoms. The van der Waals surface area contributed by atoms with Crippen molar-refractivity contribution in [2.75, 3.05) is 26.5 Å². The Labute approximate surface area is 101 Å². The molecule has 6 nitrogen and oxygen atoms in total. The number of aliphatic hydroxyl groups excluding tert-OH is 1. The van der Waals surface area contributed by atoms with Gasteiger partial charge in [0.1, 0.15) is 11.9 Å². The molecule has 0 aromatic carbocycles. The number of carbonyl (C=O) groups is 1. The highest BCUT2D eigenvalue weighted by atomic mass is 16.7. The highest BCUT2D eigenvalue weighted by Gasteiger charge is 2.23. The molecule has 0 saturated carbocycles. The van der Waals surface area contributed by atoms with Crippen LogP contribution in [-0.4, -0.2) is 48.2 Å². The van der Waals surface area contributed by atoms with Crippen molar-refractivity contribution >= 4 is 6.09 Å². The molecule has 1 N–H and O–H groups in total. The molecule has 0 aromatic heterocycles. The van der Waals surface area contributed by atoms with Crippen LogP contribution >= 0.6 is 0 Å². The fourth-order valence-electron chi connectivity index (χ4n) is 1.22. The molecule has 1 aliphatic heterocycles. The average molecular weight is 245 g/mol. The van der Waals surface area contributed by atoms with Gasteiger partial charge in [0, 0.05) is 6.54 Å². The first-order valence-electron chi connectivity index (χ1n) is 5.44. The lowest BCUT2D eigenvalue weighted by Gasteiger charge is -2.26. The Morgan fingerprint density at radius 2 is 2.29 bits per heavy atom. The monoisotopic (exact) mass is 245 g/mol. The highest BCUT2D eigenvalue weighted by Crippen LogP contribution is 2.13. The zero-order valence-electron chi connectivity index (χ0n) is 10.4. The SMILES string of the molecule is CC(C)(C)OC(=O)N(CCO)CC1=COCO1. The summed E-state index contributed by atoms with van der Waals surface area (Å²) in [6.07, 6.45) is 0.970. The summed E-state index contributed by atoms with van der Waals surface area (Å²) in [7, 11) is 0. The normalized spacial score (nSPS) is 14.7. The Morgan fingerprint density at radius 1 is 1.59 bits per heavy atom. The van der Waals surface area contributed by atoms with Gasteiger partial charge in [-0.3, -0.25) is 4.90 Å². The molecule has 6 heteroatoms. The van der Waals surface area contributed by atoms with Gasteiger partial charge in [-0.25, -0.2) is 4.79 Å². The number of aliphatic hydroxyl groups is 1. The van der Waals surface area contributed by atoms with E-state index in [4.69, 9.17) is 19.3 Å². The van der Waals surface area contributed by atoms with Crippen molar-refractivity contribution in [2.24, 2.45) is 0 Å². The second kappa shape index (κ2) is 5.77. The first-order chi connectivity index (χ1) is 7.92. The Kier molecular flexibility index (Phi) is 4.62. The summed E-state index contributed by atoms with van der Waals surface area (Å²) >= 11 is 0. The Bertz CT molecular complexity index is 295. The minimum Gasteiger partial charge on any atom is -0.462 e. The van der Waals surface area contributed by atoms with Gasteiger partial charge in [-0.1, -0.05) is 0 Å². The molecular weight excluding hydrogens is 226 g/mol. The third-order valence-corrected chi connectivity index (χ3v) is 1.90. The summed E-state index contributed by atoms with van der Waals surface area (Å²) < 4.78 is 15.2. The predicted octanol–water partition coefficient (Wildman–Crippen LogP) is 1.06. The van der Waals surface area contributed by atoms with Crippen LogP contribution in [0.3, 0.4) is 0 Å². The van der Waals surface area contributed by atoms with Crippen molar-refractivity contribution < 1.29 is 24.1 Å². The van der Waals surface area contributed by atoms with Gasteiger partial charge < -0.3 is 19.3 Å². The Balaban J connectivity index is 2.54. The molecule has 1 rings (SSSR count). The molecule has 0 bridgehead atoms. The van der Waals surface area contributed by atoms with E-state index in [1.165, 1.54) is 11.2 Å². The molecule has 0 spiro atoms. The number of hydrogen-bond acceptors (Lipinski definition) is 5. The number of nitrogens with zero attached hydrogens (tertiary/aromatic N) is 1. The molecule has 0 unspecified atom stereocenters. The summed E-state index contributed by atoms with van der Waals surface area (Å²) in [5.74, 6) is 0.546. The van der Waals surface area contributed by atoms with Crippen molar-refractivity contribution in [1.29, 1.82) is 0 Å². The van der Waals surface area contributed by atoms with E-state index in [1.807, 2.05) is 0 Å². The molecule has 0 aromatic rings. The standard InChI is InChI=1S/C11H19NO5/c1-11(2,3)17-10(14)12(4-5-13)6-9-7-15-8-16-9/h7,13H,4-6,8H2,1-3H3. The molecule has 0 fully saturated rings. The maximum Gasteiger partial charge on any atom is 0.410 e. The van der Waals surface area contributed by atoms with E-state index in [0.717, 1.165) is 0 Å². The van der Waals surface area contributed by atoms with Crippen molar-refractivity contribution in [3.63, 3.8) is 0 Å². The summed E-state index contributed by atoms with van der Waals surface area (Å²) in [5.41, 5.74) is -0.563. The fraction of sp³-hybridized carbons (Fsp3) is 0.727. The quantitative estimate of drug-likeness (QED) is 0.802. The van der Waals surface area contributed by atoms with Gasteiger partial charge in [0.25, 0.3) is 0 Å². The van der Waals surface area contributed by atoms with Crippen LogP contribution in [-0.2, 0) is 14.2 Å². The first-order valence-corrected chi connectivity index (χ1v) is 5.44. The number of hydrogen-bond donors (Lipinski definition) is 1. The molecular formula is C11H19NO5. The van der Waals surface area contributed by atoms with Crippen LogP contribution in [0.15, 0.2) is 12.0 Å². The van der Waals surface area contributed by atoms with Gasteiger partial charge in [-0.15, -0.1) is 0 Å². The van der Waals surface area contributed by atoms with Gasteiger partial charge in [0.2, 0.25) is 6.79 Å². The van der Waals surface area contributed by atoms with Gasteiger partial charge in [-0.2, -0.15) is 0 Å². The number of carbonyl (C=O) groups excluding carboxylic acids is 1. The lowest BCUT2D eigenvalue weighted by Crippen LogP contribution is -2.39. The maximum absolute atomic E-state index is 11.8. The molecule has 98 valence electrons. The van der Waals surface area contributed by atoms with Gasteiger partial charge in [-0.05, 0) is 20.8 Å². The molecule has 0 saturated heterocycles. The molecule has 0 radical (unpaired) electrons. The minimum absolute atomic E-state index is 0.132. The number of amides is 1. The van der Waals surface area contributed by atoms with Crippen LogP contribution in [0.5, 0.6) is 0 Å². The average Bonchev–Trinajstić information content (AvgIpc) is 2.67. The number of ether oxygens (including phenoxy) is 3. The zero-order chi connectivity index (χ0) is 12.9. The van der Waals surface area contributed by atoms with E-state index in [2.05, 4.69) is 0 Å². The molecule has 1 aliphatic rings. The van der Waals surface area contributed by atoms with Crippen LogP contribution in [0.4, 0.5) is 4.79 Å². The van der Waals surface area contributed by atoms with Crippen LogP contribution in [0.1, 0.15) is 20.8 Å². The van der Waals surface area contributed by atoms with E-state index in [0.29, 0.717) is 5.76 Å². The topological polar surface area (TPSA) is 68.2 Å². The van der Waals surface area contributed by atoms with E-state index in [-0.39, 0.29) is 26.5 Å². The Hall–Kier alpha value is -1.43.